The monoisotopic (exact) mass is 245 g/mol. The van der Waals surface area contributed by atoms with Crippen LogP contribution < -0.4 is 11.1 Å². The molecular formula is C14H16FN3. The normalized spacial score (nSPS) is 12.1. The number of anilines is 1. The minimum atomic E-state index is -0.340. The molecule has 2 rings (SSSR count). The summed E-state index contributed by atoms with van der Waals surface area (Å²) in [5.74, 6) is 0.302. The number of halogens is 1. The van der Waals surface area contributed by atoms with Crippen molar-refractivity contribution in [1.29, 1.82) is 0 Å². The fourth-order valence-corrected chi connectivity index (χ4v) is 1.76. The maximum atomic E-state index is 12.7. The Morgan fingerprint density at radius 3 is 2.56 bits per heavy atom. The van der Waals surface area contributed by atoms with Gasteiger partial charge in [0.15, 0.2) is 0 Å². The largest absolute Gasteiger partial charge is 0.366 e. The SMILES string of the molecule is NCC(Cc1ccccc1)Nc1ccc(F)cn1. The van der Waals surface area contributed by atoms with Crippen molar-refractivity contribution in [3.63, 3.8) is 0 Å². The summed E-state index contributed by atoms with van der Waals surface area (Å²) in [7, 11) is 0. The Balaban J connectivity index is 1.99. The third-order valence-electron chi connectivity index (χ3n) is 2.69. The average molecular weight is 245 g/mol. The van der Waals surface area contributed by atoms with Crippen molar-refractivity contribution < 1.29 is 4.39 Å². The van der Waals surface area contributed by atoms with Gasteiger partial charge in [0, 0.05) is 12.6 Å². The Kier molecular flexibility index (Phi) is 4.25. The first-order chi connectivity index (χ1) is 8.78. The predicted molar refractivity (Wildman–Crippen MR) is 70.8 cm³/mol. The lowest BCUT2D eigenvalue weighted by atomic mass is 10.1. The van der Waals surface area contributed by atoms with E-state index in [1.807, 2.05) is 18.2 Å². The van der Waals surface area contributed by atoms with Crippen LogP contribution in [0.3, 0.4) is 0 Å². The number of nitrogens with one attached hydrogen (secondary N) is 1. The van der Waals surface area contributed by atoms with Gasteiger partial charge in [-0.15, -0.1) is 0 Å². The van der Waals surface area contributed by atoms with Crippen molar-refractivity contribution in [1.82, 2.24) is 4.98 Å². The number of benzene rings is 1. The summed E-state index contributed by atoms with van der Waals surface area (Å²) in [6.45, 7) is 0.494. The van der Waals surface area contributed by atoms with Gasteiger partial charge in [-0.1, -0.05) is 30.3 Å². The first-order valence-corrected chi connectivity index (χ1v) is 5.90. The number of nitrogens with two attached hydrogens (primary N) is 1. The summed E-state index contributed by atoms with van der Waals surface area (Å²) in [6, 6.07) is 13.2. The smallest absolute Gasteiger partial charge is 0.141 e. The molecule has 4 heteroatoms. The van der Waals surface area contributed by atoms with Gasteiger partial charge in [-0.05, 0) is 24.1 Å². The molecule has 0 amide bonds. The lowest BCUT2D eigenvalue weighted by Gasteiger charge is -2.17. The van der Waals surface area contributed by atoms with Crippen LogP contribution in [-0.4, -0.2) is 17.6 Å². The van der Waals surface area contributed by atoms with Gasteiger partial charge in [-0.3, -0.25) is 0 Å². The molecule has 94 valence electrons. The van der Waals surface area contributed by atoms with E-state index in [1.54, 1.807) is 6.07 Å². The lowest BCUT2D eigenvalue weighted by molar-refractivity contribution is 0.621. The van der Waals surface area contributed by atoms with Crippen LogP contribution in [0.2, 0.25) is 0 Å². The van der Waals surface area contributed by atoms with Crippen molar-refractivity contribution in [3.05, 3.63) is 60.0 Å². The summed E-state index contributed by atoms with van der Waals surface area (Å²) >= 11 is 0. The molecule has 18 heavy (non-hydrogen) atoms. The van der Waals surface area contributed by atoms with E-state index < -0.39 is 0 Å². The molecule has 0 aliphatic carbocycles. The minimum Gasteiger partial charge on any atom is -0.366 e. The molecule has 1 aromatic heterocycles. The van der Waals surface area contributed by atoms with Crippen LogP contribution in [0.4, 0.5) is 10.2 Å². The molecule has 0 saturated carbocycles. The van der Waals surface area contributed by atoms with E-state index in [-0.39, 0.29) is 11.9 Å². The second-order valence-corrected chi connectivity index (χ2v) is 4.13. The Morgan fingerprint density at radius 2 is 1.94 bits per heavy atom. The first-order valence-electron chi connectivity index (χ1n) is 5.90. The highest BCUT2D eigenvalue weighted by Crippen LogP contribution is 2.09. The second kappa shape index (κ2) is 6.12. The highest BCUT2D eigenvalue weighted by atomic mass is 19.1. The maximum Gasteiger partial charge on any atom is 0.141 e. The van der Waals surface area contributed by atoms with Crippen molar-refractivity contribution >= 4 is 5.82 Å². The highest BCUT2D eigenvalue weighted by molar-refractivity contribution is 5.35. The number of pyridine rings is 1. The summed E-state index contributed by atoms with van der Waals surface area (Å²) in [6.07, 6.45) is 2.01. The van der Waals surface area contributed by atoms with Gasteiger partial charge >= 0.3 is 0 Å². The Hall–Kier alpha value is -1.94. The molecule has 1 atom stereocenters. The molecule has 0 fully saturated rings. The average Bonchev–Trinajstić information content (AvgIpc) is 2.41. The molecule has 1 heterocycles. The van der Waals surface area contributed by atoms with Crippen LogP contribution in [0.15, 0.2) is 48.7 Å². The number of hydrogen-bond donors (Lipinski definition) is 2. The standard InChI is InChI=1S/C14H16FN3/c15-12-6-7-14(17-10-12)18-13(9-16)8-11-4-2-1-3-5-11/h1-7,10,13H,8-9,16H2,(H,17,18). The molecule has 1 aromatic carbocycles. The fraction of sp³-hybridized carbons (Fsp3) is 0.214. The molecule has 3 nitrogen and oxygen atoms in total. The van der Waals surface area contributed by atoms with E-state index in [0.717, 1.165) is 6.42 Å². The minimum absolute atomic E-state index is 0.0883. The Bertz CT molecular complexity index is 470. The number of hydrogen-bond acceptors (Lipinski definition) is 3. The van der Waals surface area contributed by atoms with E-state index in [0.29, 0.717) is 12.4 Å². The van der Waals surface area contributed by atoms with Gasteiger partial charge in [0.1, 0.15) is 11.6 Å². The zero-order valence-corrected chi connectivity index (χ0v) is 10.0. The summed E-state index contributed by atoms with van der Waals surface area (Å²) in [5, 5.41) is 3.20. The molecule has 0 aliphatic heterocycles. The fourth-order valence-electron chi connectivity index (χ4n) is 1.76. The summed E-state index contributed by atoms with van der Waals surface area (Å²) in [5.41, 5.74) is 6.94. The van der Waals surface area contributed by atoms with Crippen LogP contribution in [-0.2, 0) is 6.42 Å². The highest BCUT2D eigenvalue weighted by Gasteiger charge is 2.08. The molecule has 0 radical (unpaired) electrons. The van der Waals surface area contributed by atoms with Crippen molar-refractivity contribution in [3.8, 4) is 0 Å². The van der Waals surface area contributed by atoms with Gasteiger partial charge in [0.2, 0.25) is 0 Å². The number of nitrogens with zero attached hydrogens (tertiary/aromatic N) is 1. The van der Waals surface area contributed by atoms with E-state index in [4.69, 9.17) is 5.73 Å². The molecule has 3 N–H and O–H groups in total. The molecule has 1 unspecified atom stereocenters. The third-order valence-corrected chi connectivity index (χ3v) is 2.69. The number of aromatic nitrogens is 1. The molecule has 0 spiro atoms. The van der Waals surface area contributed by atoms with E-state index in [2.05, 4.69) is 22.4 Å². The molecule has 0 saturated heterocycles. The quantitative estimate of drug-likeness (QED) is 0.849. The molecular weight excluding hydrogens is 229 g/mol. The molecule has 0 aliphatic rings. The maximum absolute atomic E-state index is 12.7. The van der Waals surface area contributed by atoms with Crippen molar-refractivity contribution in [2.24, 2.45) is 5.73 Å². The van der Waals surface area contributed by atoms with Crippen LogP contribution in [0.5, 0.6) is 0 Å². The van der Waals surface area contributed by atoms with Gasteiger partial charge in [-0.2, -0.15) is 0 Å². The van der Waals surface area contributed by atoms with E-state index >= 15 is 0 Å². The predicted octanol–water partition coefficient (Wildman–Crippen LogP) is 2.20. The van der Waals surface area contributed by atoms with Crippen LogP contribution >= 0.6 is 0 Å². The summed E-state index contributed by atoms with van der Waals surface area (Å²) in [4.78, 5) is 3.97. The second-order valence-electron chi connectivity index (χ2n) is 4.13. The third kappa shape index (κ3) is 3.53. The first kappa shape index (κ1) is 12.5. The number of rotatable bonds is 5. The molecule has 2 aromatic rings. The van der Waals surface area contributed by atoms with E-state index in [9.17, 15) is 4.39 Å². The van der Waals surface area contributed by atoms with Crippen LogP contribution in [0.25, 0.3) is 0 Å². The van der Waals surface area contributed by atoms with Crippen molar-refractivity contribution in [2.45, 2.75) is 12.5 Å². The van der Waals surface area contributed by atoms with Crippen molar-refractivity contribution in [2.75, 3.05) is 11.9 Å². The Labute approximate surface area is 106 Å². The zero-order chi connectivity index (χ0) is 12.8. The topological polar surface area (TPSA) is 50.9 Å². The molecule has 0 bridgehead atoms. The van der Waals surface area contributed by atoms with Gasteiger partial charge < -0.3 is 11.1 Å². The van der Waals surface area contributed by atoms with Gasteiger partial charge in [0.05, 0.1) is 6.20 Å². The van der Waals surface area contributed by atoms with Crippen LogP contribution in [0, 0.1) is 5.82 Å². The van der Waals surface area contributed by atoms with Crippen LogP contribution in [0.1, 0.15) is 5.56 Å². The van der Waals surface area contributed by atoms with Gasteiger partial charge in [-0.25, -0.2) is 9.37 Å². The summed E-state index contributed by atoms with van der Waals surface area (Å²) < 4.78 is 12.7. The Morgan fingerprint density at radius 1 is 1.17 bits per heavy atom. The lowest BCUT2D eigenvalue weighted by Crippen LogP contribution is -2.31. The zero-order valence-electron chi connectivity index (χ0n) is 10.0. The van der Waals surface area contributed by atoms with E-state index in [1.165, 1.54) is 17.8 Å². The van der Waals surface area contributed by atoms with Gasteiger partial charge in [0.25, 0.3) is 0 Å².